The third-order valence-electron chi connectivity index (χ3n) is 2.56. The third kappa shape index (κ3) is 4.27. The van der Waals surface area contributed by atoms with E-state index in [1.165, 1.54) is 4.90 Å². The average Bonchev–Trinajstić information content (AvgIpc) is 2.32. The molecule has 1 atom stereocenters. The Bertz CT molecular complexity index is 274. The number of aliphatic hydroxyl groups excluding tert-OH is 1. The van der Waals surface area contributed by atoms with E-state index >= 15 is 0 Å². The lowest BCUT2D eigenvalue weighted by molar-refractivity contribution is -0.138. The van der Waals surface area contributed by atoms with Crippen LogP contribution in [-0.2, 0) is 9.59 Å². The lowest BCUT2D eigenvalue weighted by Crippen LogP contribution is -2.56. The first-order chi connectivity index (χ1) is 8.19. The number of hydrogen-bond donors (Lipinski definition) is 3. The van der Waals surface area contributed by atoms with Gasteiger partial charge in [-0.05, 0) is 0 Å². The highest BCUT2D eigenvalue weighted by Gasteiger charge is 2.29. The Hall–Kier alpha value is -1.21. The molecule has 0 aromatic heterocycles. The molecule has 98 valence electrons. The van der Waals surface area contributed by atoms with Crippen LogP contribution in [0.2, 0.25) is 0 Å². The van der Waals surface area contributed by atoms with Gasteiger partial charge >= 0.3 is 0 Å². The predicted molar refractivity (Wildman–Crippen MR) is 59.1 cm³/mol. The van der Waals surface area contributed by atoms with Gasteiger partial charge in [-0.1, -0.05) is 0 Å². The molecule has 0 radical (unpaired) electrons. The minimum atomic E-state index is -0.589. The van der Waals surface area contributed by atoms with Crippen molar-refractivity contribution in [2.75, 3.05) is 39.5 Å². The van der Waals surface area contributed by atoms with Crippen molar-refractivity contribution in [3.63, 3.8) is 0 Å². The molecule has 7 heteroatoms. The van der Waals surface area contributed by atoms with E-state index in [4.69, 9.17) is 5.11 Å². The predicted octanol–water partition coefficient (Wildman–Crippen LogP) is -1.75. The zero-order valence-corrected chi connectivity index (χ0v) is 9.62. The highest BCUT2D eigenvalue weighted by Crippen LogP contribution is 2.05. The van der Waals surface area contributed by atoms with Gasteiger partial charge in [-0.3, -0.25) is 9.59 Å². The molecule has 0 aromatic rings. The van der Waals surface area contributed by atoms with Crippen molar-refractivity contribution in [2.45, 2.75) is 12.5 Å². The number of nitrogens with zero attached hydrogens (tertiary/aromatic N) is 1. The molecule has 17 heavy (non-hydrogen) atoms. The van der Waals surface area contributed by atoms with Gasteiger partial charge in [0.15, 0.2) is 0 Å². The number of aliphatic hydroxyl groups is 1. The van der Waals surface area contributed by atoms with Crippen molar-refractivity contribution < 1.29 is 19.1 Å². The van der Waals surface area contributed by atoms with Crippen LogP contribution in [0.3, 0.4) is 0 Å². The molecular formula is C10H18FN3O3. The summed E-state index contributed by atoms with van der Waals surface area (Å²) in [7, 11) is 0. The normalized spacial score (nSPS) is 20.5. The van der Waals surface area contributed by atoms with Gasteiger partial charge in [0.2, 0.25) is 11.8 Å². The van der Waals surface area contributed by atoms with Gasteiger partial charge in [0, 0.05) is 26.2 Å². The summed E-state index contributed by atoms with van der Waals surface area (Å²) < 4.78 is 12.2. The molecule has 1 unspecified atom stereocenters. The minimum absolute atomic E-state index is 0.0155. The molecule has 1 heterocycles. The zero-order valence-electron chi connectivity index (χ0n) is 9.62. The fourth-order valence-corrected chi connectivity index (χ4v) is 1.73. The maximum Gasteiger partial charge on any atom is 0.240 e. The van der Waals surface area contributed by atoms with E-state index in [2.05, 4.69) is 10.6 Å². The molecule has 0 bridgehead atoms. The molecule has 0 aliphatic carbocycles. The topological polar surface area (TPSA) is 81.7 Å². The van der Waals surface area contributed by atoms with Crippen LogP contribution < -0.4 is 10.6 Å². The number of carbonyl (C=O) groups is 2. The third-order valence-corrected chi connectivity index (χ3v) is 2.56. The molecule has 1 fully saturated rings. The summed E-state index contributed by atoms with van der Waals surface area (Å²) in [5.41, 5.74) is 0. The van der Waals surface area contributed by atoms with Crippen molar-refractivity contribution in [3.05, 3.63) is 0 Å². The van der Waals surface area contributed by atoms with Crippen LogP contribution in [-0.4, -0.2) is 67.3 Å². The second-order valence-corrected chi connectivity index (χ2v) is 3.80. The Morgan fingerprint density at radius 3 is 3.06 bits per heavy atom. The monoisotopic (exact) mass is 247 g/mol. The fourth-order valence-electron chi connectivity index (χ4n) is 1.73. The number of halogens is 1. The van der Waals surface area contributed by atoms with Crippen LogP contribution in [0.4, 0.5) is 4.39 Å². The molecule has 0 aromatic carbocycles. The van der Waals surface area contributed by atoms with Crippen molar-refractivity contribution in [1.82, 2.24) is 15.5 Å². The summed E-state index contributed by atoms with van der Waals surface area (Å²) in [5, 5.41) is 13.9. The Labute approximate surface area is 99.2 Å². The molecular weight excluding hydrogens is 229 g/mol. The molecule has 1 aliphatic heterocycles. The number of rotatable bonds is 6. The van der Waals surface area contributed by atoms with Gasteiger partial charge in [0.05, 0.1) is 19.1 Å². The number of piperazine rings is 1. The van der Waals surface area contributed by atoms with E-state index < -0.39 is 12.7 Å². The summed E-state index contributed by atoms with van der Waals surface area (Å²) in [6, 6.07) is -0.589. The zero-order chi connectivity index (χ0) is 12.7. The molecule has 3 N–H and O–H groups in total. The summed E-state index contributed by atoms with van der Waals surface area (Å²) in [6.45, 7) is 0.575. The highest BCUT2D eigenvalue weighted by molar-refractivity contribution is 5.88. The van der Waals surface area contributed by atoms with Crippen molar-refractivity contribution in [3.8, 4) is 0 Å². The van der Waals surface area contributed by atoms with E-state index in [0.717, 1.165) is 0 Å². The van der Waals surface area contributed by atoms with Crippen LogP contribution in [0.15, 0.2) is 0 Å². The second kappa shape index (κ2) is 7.18. The lowest BCUT2D eigenvalue weighted by atomic mass is 10.1. The maximum absolute atomic E-state index is 12.2. The molecule has 1 rings (SSSR count). The first-order valence-electron chi connectivity index (χ1n) is 5.64. The van der Waals surface area contributed by atoms with Crippen molar-refractivity contribution in [1.29, 1.82) is 0 Å². The van der Waals surface area contributed by atoms with E-state index in [1.807, 2.05) is 0 Å². The molecule has 1 saturated heterocycles. The Morgan fingerprint density at radius 1 is 1.65 bits per heavy atom. The van der Waals surface area contributed by atoms with Gasteiger partial charge < -0.3 is 20.6 Å². The average molecular weight is 247 g/mol. The van der Waals surface area contributed by atoms with Gasteiger partial charge in [-0.15, -0.1) is 0 Å². The fraction of sp³-hybridized carbons (Fsp3) is 0.800. The quantitative estimate of drug-likeness (QED) is 0.520. The molecule has 0 saturated carbocycles. The summed E-state index contributed by atoms with van der Waals surface area (Å²) in [6.07, 6.45) is 0.0155. The number of carbonyl (C=O) groups excluding carboxylic acids is 2. The number of nitrogens with one attached hydrogen (secondary N) is 2. The smallest absolute Gasteiger partial charge is 0.240 e. The minimum Gasteiger partial charge on any atom is -0.395 e. The van der Waals surface area contributed by atoms with Crippen molar-refractivity contribution >= 4 is 11.8 Å². The standard InChI is InChI=1S/C10H18FN3O3/c11-1-4-14-5-2-12-8(10(14)17)7-9(16)13-3-6-15/h8,12,15H,1-7H2,(H,13,16). The molecule has 0 spiro atoms. The molecule has 6 nitrogen and oxygen atoms in total. The van der Waals surface area contributed by atoms with Crippen molar-refractivity contribution in [2.24, 2.45) is 0 Å². The Balaban J connectivity index is 2.41. The van der Waals surface area contributed by atoms with E-state index in [0.29, 0.717) is 13.1 Å². The number of hydrogen-bond acceptors (Lipinski definition) is 4. The van der Waals surface area contributed by atoms with Crippen LogP contribution in [0.5, 0.6) is 0 Å². The first-order valence-corrected chi connectivity index (χ1v) is 5.64. The largest absolute Gasteiger partial charge is 0.395 e. The molecule has 1 aliphatic rings. The van der Waals surface area contributed by atoms with Crippen LogP contribution in [0.25, 0.3) is 0 Å². The number of amides is 2. The van der Waals surface area contributed by atoms with Gasteiger partial charge in [-0.25, -0.2) is 4.39 Å². The lowest BCUT2D eigenvalue weighted by Gasteiger charge is -2.32. The van der Waals surface area contributed by atoms with Gasteiger partial charge in [0.25, 0.3) is 0 Å². The summed E-state index contributed by atoms with van der Waals surface area (Å²) in [4.78, 5) is 24.6. The van der Waals surface area contributed by atoms with E-state index in [9.17, 15) is 14.0 Å². The maximum atomic E-state index is 12.2. The van der Waals surface area contributed by atoms with E-state index in [1.54, 1.807) is 0 Å². The summed E-state index contributed by atoms with van der Waals surface area (Å²) in [5.74, 6) is -0.542. The van der Waals surface area contributed by atoms with Crippen LogP contribution in [0.1, 0.15) is 6.42 Å². The second-order valence-electron chi connectivity index (χ2n) is 3.80. The van der Waals surface area contributed by atoms with Crippen LogP contribution >= 0.6 is 0 Å². The summed E-state index contributed by atoms with van der Waals surface area (Å²) >= 11 is 0. The van der Waals surface area contributed by atoms with E-state index in [-0.39, 0.29) is 37.9 Å². The van der Waals surface area contributed by atoms with Gasteiger partial charge in [0.1, 0.15) is 6.67 Å². The first kappa shape index (κ1) is 13.9. The Kier molecular flexibility index (Phi) is 5.85. The highest BCUT2D eigenvalue weighted by atomic mass is 19.1. The Morgan fingerprint density at radius 2 is 2.41 bits per heavy atom. The number of alkyl halides is 1. The van der Waals surface area contributed by atoms with Crippen LogP contribution in [0, 0.1) is 0 Å². The molecule has 2 amide bonds. The van der Waals surface area contributed by atoms with Gasteiger partial charge in [-0.2, -0.15) is 0 Å². The SMILES string of the molecule is O=C(CC1NCCN(CCF)C1=O)NCCO.